The van der Waals surface area contributed by atoms with Crippen molar-refractivity contribution in [2.24, 2.45) is 13.0 Å². The van der Waals surface area contributed by atoms with Crippen LogP contribution in [0.2, 0.25) is 0 Å². The number of aryl methyl sites for hydroxylation is 1. The standard InChI is InChI=1S/C15H21N5OS.ClH/c1-9(2)13-8-22-15(18-13)19-14(21)12-6-16-5-11(12)10-4-17-20(3)7-10;/h4,7-9,11-12,16H,5-6H2,1-3H3,(H,18,19,21);1H/t11-,12+;/m1./s1. The number of aromatic nitrogens is 3. The summed E-state index contributed by atoms with van der Waals surface area (Å²) in [4.78, 5) is 17.0. The molecular weight excluding hydrogens is 334 g/mol. The fraction of sp³-hybridized carbons (Fsp3) is 0.533. The van der Waals surface area contributed by atoms with Crippen molar-refractivity contribution in [2.45, 2.75) is 25.7 Å². The predicted molar refractivity (Wildman–Crippen MR) is 94.4 cm³/mol. The first-order chi connectivity index (χ1) is 10.5. The lowest BCUT2D eigenvalue weighted by Crippen LogP contribution is -2.28. The van der Waals surface area contributed by atoms with E-state index in [1.807, 2.05) is 24.8 Å². The van der Waals surface area contributed by atoms with Crippen molar-refractivity contribution >= 4 is 34.8 Å². The van der Waals surface area contributed by atoms with Crippen LogP contribution in [0, 0.1) is 5.92 Å². The Balaban J connectivity index is 0.00000192. The minimum absolute atomic E-state index is 0. The van der Waals surface area contributed by atoms with Crippen LogP contribution in [0.5, 0.6) is 0 Å². The highest BCUT2D eigenvalue weighted by molar-refractivity contribution is 7.13. The fourth-order valence-electron chi connectivity index (χ4n) is 2.74. The van der Waals surface area contributed by atoms with E-state index in [9.17, 15) is 4.79 Å². The van der Waals surface area contributed by atoms with Gasteiger partial charge in [-0.3, -0.25) is 9.48 Å². The average molecular weight is 356 g/mol. The molecule has 8 heteroatoms. The second kappa shape index (κ2) is 7.42. The lowest BCUT2D eigenvalue weighted by Gasteiger charge is -2.16. The van der Waals surface area contributed by atoms with Crippen LogP contribution in [0.4, 0.5) is 5.13 Å². The SMILES string of the molecule is CC(C)c1csc(NC(=O)[C@H]2CNC[C@@H]2c2cnn(C)c2)n1.Cl. The average Bonchev–Trinajstić information content (AvgIpc) is 3.16. The van der Waals surface area contributed by atoms with Crippen molar-refractivity contribution in [1.82, 2.24) is 20.1 Å². The third-order valence-electron chi connectivity index (χ3n) is 4.05. The van der Waals surface area contributed by atoms with Gasteiger partial charge in [0.1, 0.15) is 0 Å². The van der Waals surface area contributed by atoms with Gasteiger partial charge < -0.3 is 10.6 Å². The molecule has 1 amide bonds. The summed E-state index contributed by atoms with van der Waals surface area (Å²) >= 11 is 1.49. The van der Waals surface area contributed by atoms with Gasteiger partial charge in [0.05, 0.1) is 17.8 Å². The molecule has 126 valence electrons. The minimum Gasteiger partial charge on any atom is -0.315 e. The number of thiazole rings is 1. The van der Waals surface area contributed by atoms with Crippen molar-refractivity contribution < 1.29 is 4.79 Å². The highest BCUT2D eigenvalue weighted by atomic mass is 35.5. The van der Waals surface area contributed by atoms with Crippen LogP contribution in [-0.4, -0.2) is 33.8 Å². The molecule has 1 aliphatic rings. The monoisotopic (exact) mass is 355 g/mol. The van der Waals surface area contributed by atoms with E-state index in [4.69, 9.17) is 0 Å². The number of nitrogens with one attached hydrogen (secondary N) is 2. The highest BCUT2D eigenvalue weighted by Crippen LogP contribution is 2.29. The van der Waals surface area contributed by atoms with E-state index in [2.05, 4.69) is 34.6 Å². The van der Waals surface area contributed by atoms with Gasteiger partial charge in [0.25, 0.3) is 0 Å². The molecule has 0 spiro atoms. The third-order valence-corrected chi connectivity index (χ3v) is 4.82. The fourth-order valence-corrected chi connectivity index (χ4v) is 3.62. The van der Waals surface area contributed by atoms with Gasteiger partial charge in [0, 0.05) is 37.6 Å². The lowest BCUT2D eigenvalue weighted by atomic mass is 9.90. The van der Waals surface area contributed by atoms with Crippen LogP contribution in [0.3, 0.4) is 0 Å². The summed E-state index contributed by atoms with van der Waals surface area (Å²) in [7, 11) is 1.89. The van der Waals surface area contributed by atoms with E-state index in [0.717, 1.165) is 17.8 Å². The molecule has 3 heterocycles. The molecule has 1 fully saturated rings. The zero-order valence-electron chi connectivity index (χ0n) is 13.4. The predicted octanol–water partition coefficient (Wildman–Crippen LogP) is 2.36. The van der Waals surface area contributed by atoms with Crippen LogP contribution in [-0.2, 0) is 11.8 Å². The van der Waals surface area contributed by atoms with Crippen LogP contribution in [0.15, 0.2) is 17.8 Å². The Morgan fingerprint density at radius 3 is 2.87 bits per heavy atom. The summed E-state index contributed by atoms with van der Waals surface area (Å²) in [6.45, 7) is 5.69. The van der Waals surface area contributed by atoms with Crippen molar-refractivity contribution in [3.63, 3.8) is 0 Å². The summed E-state index contributed by atoms with van der Waals surface area (Å²) in [5.74, 6) is 0.482. The summed E-state index contributed by atoms with van der Waals surface area (Å²) in [5.41, 5.74) is 2.13. The number of carbonyl (C=O) groups is 1. The molecule has 1 aliphatic heterocycles. The Kier molecular flexibility index (Phi) is 5.78. The Hall–Kier alpha value is -1.44. The van der Waals surface area contributed by atoms with Crippen LogP contribution in [0.1, 0.15) is 36.9 Å². The van der Waals surface area contributed by atoms with Crippen LogP contribution >= 0.6 is 23.7 Å². The molecule has 0 aliphatic carbocycles. The first kappa shape index (κ1) is 17.9. The molecule has 2 aromatic heterocycles. The number of anilines is 1. The maximum atomic E-state index is 12.6. The topological polar surface area (TPSA) is 71.8 Å². The zero-order chi connectivity index (χ0) is 15.7. The zero-order valence-corrected chi connectivity index (χ0v) is 15.1. The van der Waals surface area contributed by atoms with Crippen LogP contribution < -0.4 is 10.6 Å². The molecule has 0 saturated carbocycles. The minimum atomic E-state index is -0.0874. The smallest absolute Gasteiger partial charge is 0.231 e. The van der Waals surface area contributed by atoms with E-state index in [0.29, 0.717) is 17.6 Å². The molecule has 2 N–H and O–H groups in total. The van der Waals surface area contributed by atoms with Gasteiger partial charge in [-0.05, 0) is 11.5 Å². The highest BCUT2D eigenvalue weighted by Gasteiger charge is 2.35. The molecule has 1 saturated heterocycles. The van der Waals surface area contributed by atoms with E-state index in [1.165, 1.54) is 11.3 Å². The molecule has 0 radical (unpaired) electrons. The number of carbonyl (C=O) groups excluding carboxylic acids is 1. The van der Waals surface area contributed by atoms with Crippen molar-refractivity contribution in [1.29, 1.82) is 0 Å². The number of amides is 1. The molecule has 2 atom stereocenters. The third kappa shape index (κ3) is 3.91. The summed E-state index contributed by atoms with van der Waals surface area (Å²) in [6.07, 6.45) is 3.83. The van der Waals surface area contributed by atoms with E-state index in [-0.39, 0.29) is 30.2 Å². The first-order valence-electron chi connectivity index (χ1n) is 7.50. The van der Waals surface area contributed by atoms with E-state index >= 15 is 0 Å². The van der Waals surface area contributed by atoms with E-state index in [1.54, 1.807) is 4.68 Å². The molecule has 3 rings (SSSR count). The van der Waals surface area contributed by atoms with Gasteiger partial charge in [-0.2, -0.15) is 5.10 Å². The molecule has 23 heavy (non-hydrogen) atoms. The Morgan fingerprint density at radius 2 is 2.26 bits per heavy atom. The molecular formula is C15H22ClN5OS. The second-order valence-corrected chi connectivity index (χ2v) is 6.90. The van der Waals surface area contributed by atoms with Gasteiger partial charge in [0.2, 0.25) is 5.91 Å². The van der Waals surface area contributed by atoms with E-state index < -0.39 is 0 Å². The second-order valence-electron chi connectivity index (χ2n) is 6.04. The molecule has 0 unspecified atom stereocenters. The van der Waals surface area contributed by atoms with Crippen molar-refractivity contribution in [3.05, 3.63) is 29.0 Å². The quantitative estimate of drug-likeness (QED) is 0.883. The number of nitrogens with zero attached hydrogens (tertiary/aromatic N) is 3. The van der Waals surface area contributed by atoms with Gasteiger partial charge in [0.15, 0.2) is 5.13 Å². The van der Waals surface area contributed by atoms with Crippen molar-refractivity contribution in [2.75, 3.05) is 18.4 Å². The van der Waals surface area contributed by atoms with Gasteiger partial charge in [-0.25, -0.2) is 4.98 Å². The number of hydrogen-bond acceptors (Lipinski definition) is 5. The Morgan fingerprint density at radius 1 is 1.48 bits per heavy atom. The van der Waals surface area contributed by atoms with Crippen molar-refractivity contribution in [3.8, 4) is 0 Å². The maximum Gasteiger partial charge on any atom is 0.231 e. The normalized spacial score (nSPS) is 20.5. The maximum absolute atomic E-state index is 12.6. The summed E-state index contributed by atoms with van der Waals surface area (Å²) in [6, 6.07) is 0. The largest absolute Gasteiger partial charge is 0.315 e. The number of rotatable bonds is 4. The summed E-state index contributed by atoms with van der Waals surface area (Å²) < 4.78 is 1.78. The first-order valence-corrected chi connectivity index (χ1v) is 8.38. The van der Waals surface area contributed by atoms with Gasteiger partial charge >= 0.3 is 0 Å². The Bertz CT molecular complexity index is 668. The van der Waals surface area contributed by atoms with Gasteiger partial charge in [-0.1, -0.05) is 13.8 Å². The molecule has 0 bridgehead atoms. The van der Waals surface area contributed by atoms with Gasteiger partial charge in [-0.15, -0.1) is 23.7 Å². The summed E-state index contributed by atoms with van der Waals surface area (Å²) in [5, 5.41) is 13.2. The molecule has 6 nitrogen and oxygen atoms in total. The molecule has 0 aromatic carbocycles. The van der Waals surface area contributed by atoms with Crippen LogP contribution in [0.25, 0.3) is 0 Å². The Labute approximate surface area is 146 Å². The lowest BCUT2D eigenvalue weighted by molar-refractivity contribution is -0.119. The number of halogens is 1. The molecule has 2 aromatic rings. The number of hydrogen-bond donors (Lipinski definition) is 2.